The van der Waals surface area contributed by atoms with E-state index in [1.807, 2.05) is 6.07 Å². The third-order valence-electron chi connectivity index (χ3n) is 3.94. The fourth-order valence-corrected chi connectivity index (χ4v) is 4.69. The van der Waals surface area contributed by atoms with Crippen LogP contribution in [0.25, 0.3) is 11.0 Å². The van der Waals surface area contributed by atoms with Crippen molar-refractivity contribution in [3.8, 4) is 11.5 Å². The third-order valence-corrected chi connectivity index (χ3v) is 6.05. The second kappa shape index (κ2) is 6.25. The normalized spacial score (nSPS) is 15.2. The van der Waals surface area contributed by atoms with Gasteiger partial charge in [-0.1, -0.05) is 12.1 Å². The molecule has 130 valence electrons. The van der Waals surface area contributed by atoms with E-state index in [0.29, 0.717) is 35.7 Å². The minimum Gasteiger partial charge on any atom is -0.486 e. The van der Waals surface area contributed by atoms with Crippen LogP contribution in [0.4, 0.5) is 0 Å². The highest BCUT2D eigenvalue weighted by Gasteiger charge is 2.23. The number of sulfonamides is 1. The van der Waals surface area contributed by atoms with E-state index in [-0.39, 0.29) is 4.90 Å². The molecule has 0 saturated heterocycles. The van der Waals surface area contributed by atoms with Gasteiger partial charge in [-0.3, -0.25) is 0 Å². The zero-order valence-electron chi connectivity index (χ0n) is 13.3. The van der Waals surface area contributed by atoms with Crippen LogP contribution in [-0.2, 0) is 10.0 Å². The van der Waals surface area contributed by atoms with Gasteiger partial charge in [0.05, 0.1) is 11.7 Å². The summed E-state index contributed by atoms with van der Waals surface area (Å²) in [6, 6.07) is 9.90. The van der Waals surface area contributed by atoms with E-state index >= 15 is 0 Å². The molecule has 0 fully saturated rings. The summed E-state index contributed by atoms with van der Waals surface area (Å²) in [5.74, 6) is 1.30. The van der Waals surface area contributed by atoms with Crippen LogP contribution in [-0.4, -0.2) is 30.4 Å². The van der Waals surface area contributed by atoms with Crippen LogP contribution in [0.3, 0.4) is 0 Å². The van der Waals surface area contributed by atoms with E-state index in [2.05, 4.69) is 13.5 Å². The lowest BCUT2D eigenvalue weighted by atomic mass is 10.1. The molecular weight excluding hydrogens is 362 g/mol. The average molecular weight is 377 g/mol. The number of ether oxygens (including phenoxy) is 2. The summed E-state index contributed by atoms with van der Waals surface area (Å²) in [4.78, 5) is 0.128. The van der Waals surface area contributed by atoms with Crippen molar-refractivity contribution in [2.45, 2.75) is 17.9 Å². The first-order valence-corrected chi connectivity index (χ1v) is 9.89. The molecule has 1 aliphatic heterocycles. The topological polar surface area (TPSA) is 90.4 Å². The van der Waals surface area contributed by atoms with Gasteiger partial charge in [0, 0.05) is 6.04 Å². The van der Waals surface area contributed by atoms with Crippen LogP contribution in [0.15, 0.2) is 41.3 Å². The van der Waals surface area contributed by atoms with Crippen molar-refractivity contribution in [1.29, 1.82) is 0 Å². The fraction of sp³-hybridized carbons (Fsp3) is 0.250. The molecule has 1 N–H and O–H groups in total. The molecule has 0 aliphatic carbocycles. The molecule has 0 unspecified atom stereocenters. The SMILES string of the molecule is C[C@H](NS(=O)(=O)c1cccc2nsnc12)c1ccc2c(c1)OCCO2. The Morgan fingerprint density at radius 3 is 2.76 bits per heavy atom. The van der Waals surface area contributed by atoms with Gasteiger partial charge in [0.15, 0.2) is 11.5 Å². The van der Waals surface area contributed by atoms with Crippen LogP contribution in [0.5, 0.6) is 11.5 Å². The molecule has 2 heterocycles. The predicted octanol–water partition coefficient (Wildman–Crippen LogP) is 2.50. The predicted molar refractivity (Wildman–Crippen MR) is 93.6 cm³/mol. The molecule has 1 atom stereocenters. The van der Waals surface area contributed by atoms with Gasteiger partial charge in [0.2, 0.25) is 10.0 Å². The Balaban J connectivity index is 1.63. The van der Waals surface area contributed by atoms with Gasteiger partial charge >= 0.3 is 0 Å². The van der Waals surface area contributed by atoms with Crippen LogP contribution >= 0.6 is 11.7 Å². The molecule has 0 radical (unpaired) electrons. The molecule has 9 heteroatoms. The lowest BCUT2D eigenvalue weighted by Gasteiger charge is -2.21. The van der Waals surface area contributed by atoms with Gasteiger partial charge < -0.3 is 9.47 Å². The van der Waals surface area contributed by atoms with Gasteiger partial charge in [-0.05, 0) is 36.8 Å². The monoisotopic (exact) mass is 377 g/mol. The maximum Gasteiger partial charge on any atom is 0.243 e. The summed E-state index contributed by atoms with van der Waals surface area (Å²) in [6.45, 7) is 2.78. The lowest BCUT2D eigenvalue weighted by molar-refractivity contribution is 0.171. The lowest BCUT2D eigenvalue weighted by Crippen LogP contribution is -2.27. The molecule has 2 aromatic carbocycles. The van der Waals surface area contributed by atoms with E-state index < -0.39 is 16.1 Å². The van der Waals surface area contributed by atoms with Crippen LogP contribution in [0, 0.1) is 0 Å². The largest absolute Gasteiger partial charge is 0.486 e. The summed E-state index contributed by atoms with van der Waals surface area (Å²) >= 11 is 0.991. The summed E-state index contributed by atoms with van der Waals surface area (Å²) < 4.78 is 47.5. The van der Waals surface area contributed by atoms with Gasteiger partial charge in [-0.15, -0.1) is 0 Å². The maximum atomic E-state index is 12.8. The summed E-state index contributed by atoms with van der Waals surface area (Å²) in [5, 5.41) is 0. The van der Waals surface area contributed by atoms with E-state index in [1.54, 1.807) is 31.2 Å². The van der Waals surface area contributed by atoms with Crippen molar-refractivity contribution < 1.29 is 17.9 Å². The number of aromatic nitrogens is 2. The van der Waals surface area contributed by atoms with Crippen molar-refractivity contribution in [3.63, 3.8) is 0 Å². The minimum atomic E-state index is -3.74. The van der Waals surface area contributed by atoms with Crippen molar-refractivity contribution in [3.05, 3.63) is 42.0 Å². The molecule has 3 aromatic rings. The quantitative estimate of drug-likeness (QED) is 0.751. The summed E-state index contributed by atoms with van der Waals surface area (Å²) in [6.07, 6.45) is 0. The molecule has 0 bridgehead atoms. The Labute approximate surface area is 149 Å². The zero-order valence-corrected chi connectivity index (χ0v) is 14.9. The second-order valence-electron chi connectivity index (χ2n) is 5.63. The summed E-state index contributed by atoms with van der Waals surface area (Å²) in [7, 11) is -3.74. The first-order valence-electron chi connectivity index (χ1n) is 7.68. The number of benzene rings is 2. The highest BCUT2D eigenvalue weighted by molar-refractivity contribution is 7.89. The van der Waals surface area contributed by atoms with Crippen molar-refractivity contribution in [2.24, 2.45) is 0 Å². The molecule has 1 aromatic heterocycles. The number of hydrogen-bond acceptors (Lipinski definition) is 7. The van der Waals surface area contributed by atoms with Gasteiger partial charge in [0.1, 0.15) is 29.1 Å². The third kappa shape index (κ3) is 3.06. The van der Waals surface area contributed by atoms with Gasteiger partial charge in [0.25, 0.3) is 0 Å². The standard InChI is InChI=1S/C16H15N3O4S2/c1-10(11-5-6-13-14(9-11)23-8-7-22-13)19-25(20,21)15-4-2-3-12-16(15)18-24-17-12/h2-6,9-10,19H,7-8H2,1H3/t10-/m0/s1. The zero-order chi connectivity index (χ0) is 17.4. The molecule has 0 spiro atoms. The van der Waals surface area contributed by atoms with E-state index in [9.17, 15) is 8.42 Å². The molecule has 25 heavy (non-hydrogen) atoms. The number of rotatable bonds is 4. The summed E-state index contributed by atoms with van der Waals surface area (Å²) in [5.41, 5.74) is 1.74. The molecule has 4 rings (SSSR count). The highest BCUT2D eigenvalue weighted by atomic mass is 32.2. The Hall–Kier alpha value is -2.23. The van der Waals surface area contributed by atoms with Crippen LogP contribution < -0.4 is 14.2 Å². The molecule has 0 amide bonds. The maximum absolute atomic E-state index is 12.8. The van der Waals surface area contributed by atoms with E-state index in [4.69, 9.17) is 9.47 Å². The second-order valence-corrected chi connectivity index (χ2v) is 7.85. The smallest absolute Gasteiger partial charge is 0.243 e. The highest BCUT2D eigenvalue weighted by Crippen LogP contribution is 2.33. The minimum absolute atomic E-state index is 0.128. The Morgan fingerprint density at radius 1 is 1.12 bits per heavy atom. The van der Waals surface area contributed by atoms with Crippen LogP contribution in [0.2, 0.25) is 0 Å². The van der Waals surface area contributed by atoms with Crippen molar-refractivity contribution in [1.82, 2.24) is 13.5 Å². The molecule has 7 nitrogen and oxygen atoms in total. The van der Waals surface area contributed by atoms with Crippen LogP contribution in [0.1, 0.15) is 18.5 Å². The number of nitrogens with one attached hydrogen (secondary N) is 1. The van der Waals surface area contributed by atoms with Gasteiger partial charge in [-0.25, -0.2) is 13.1 Å². The Bertz CT molecular complexity index is 1030. The van der Waals surface area contributed by atoms with E-state index in [0.717, 1.165) is 17.3 Å². The molecule has 0 saturated carbocycles. The average Bonchev–Trinajstić information content (AvgIpc) is 3.09. The van der Waals surface area contributed by atoms with Gasteiger partial charge in [-0.2, -0.15) is 8.75 Å². The first-order chi connectivity index (χ1) is 12.0. The number of fused-ring (bicyclic) bond motifs is 2. The Kier molecular flexibility index (Phi) is 4.06. The number of nitrogens with zero attached hydrogens (tertiary/aromatic N) is 2. The first kappa shape index (κ1) is 16.2. The van der Waals surface area contributed by atoms with E-state index in [1.165, 1.54) is 6.07 Å². The van der Waals surface area contributed by atoms with Crippen molar-refractivity contribution >= 4 is 32.8 Å². The molecule has 1 aliphatic rings. The molecular formula is C16H15N3O4S2. The fourth-order valence-electron chi connectivity index (χ4n) is 2.69. The number of hydrogen-bond donors (Lipinski definition) is 1. The Morgan fingerprint density at radius 2 is 1.92 bits per heavy atom. The van der Waals surface area contributed by atoms with Crippen molar-refractivity contribution in [2.75, 3.05) is 13.2 Å².